The summed E-state index contributed by atoms with van der Waals surface area (Å²) in [6.07, 6.45) is 1.78. The number of halogens is 1. The van der Waals surface area contributed by atoms with Gasteiger partial charge in [0, 0.05) is 17.3 Å². The molecular weight excluding hydrogens is 189 g/mol. The van der Waals surface area contributed by atoms with Crippen LogP contribution in [0, 0.1) is 33.5 Å². The van der Waals surface area contributed by atoms with E-state index in [1.807, 2.05) is 33.8 Å². The van der Waals surface area contributed by atoms with E-state index in [4.69, 9.17) is 0 Å². The van der Waals surface area contributed by atoms with Crippen molar-refractivity contribution in [2.24, 2.45) is 0 Å². The van der Waals surface area contributed by atoms with Crippen LogP contribution >= 0.6 is 0 Å². The maximum absolute atomic E-state index is 13.9. The zero-order chi connectivity index (χ0) is 11.2. The lowest BCUT2D eigenvalue weighted by molar-refractivity contribution is 0.610. The topological polar surface area (TPSA) is 12.9 Å². The molecule has 0 radical (unpaired) electrons. The van der Waals surface area contributed by atoms with Crippen molar-refractivity contribution < 1.29 is 4.39 Å². The molecule has 15 heavy (non-hydrogen) atoms. The van der Waals surface area contributed by atoms with E-state index in [0.717, 1.165) is 27.6 Å². The number of aromatic nitrogens is 1. The Labute approximate surface area is 89.0 Å². The lowest BCUT2D eigenvalue weighted by Crippen LogP contribution is -1.97. The molecule has 1 heterocycles. The largest absolute Gasteiger partial charge is 0.261 e. The number of hydrogen-bond acceptors (Lipinski definition) is 1. The van der Waals surface area contributed by atoms with Gasteiger partial charge in [0.25, 0.3) is 0 Å². The fourth-order valence-electron chi connectivity index (χ4n) is 2.11. The molecule has 0 aliphatic rings. The van der Waals surface area contributed by atoms with Gasteiger partial charge in [0.05, 0.1) is 0 Å². The van der Waals surface area contributed by atoms with Gasteiger partial charge in [-0.3, -0.25) is 4.98 Å². The molecule has 2 aromatic rings. The SMILES string of the molecule is Cc1c(F)c(C)c2c(C)nccc2c1C. The average Bonchev–Trinajstić information content (AvgIpc) is 2.23. The summed E-state index contributed by atoms with van der Waals surface area (Å²) < 4.78 is 13.9. The normalized spacial score (nSPS) is 11.0. The zero-order valence-electron chi connectivity index (χ0n) is 9.48. The third kappa shape index (κ3) is 1.32. The molecular formula is C13H14FN. The molecule has 0 unspecified atom stereocenters. The first-order chi connectivity index (χ1) is 7.04. The summed E-state index contributed by atoms with van der Waals surface area (Å²) in [5.41, 5.74) is 3.36. The first-order valence-electron chi connectivity index (χ1n) is 5.04. The summed E-state index contributed by atoms with van der Waals surface area (Å²) >= 11 is 0. The van der Waals surface area contributed by atoms with Gasteiger partial charge in [-0.05, 0) is 55.8 Å². The Morgan fingerprint density at radius 3 is 2.33 bits per heavy atom. The molecule has 0 aliphatic carbocycles. The lowest BCUT2D eigenvalue weighted by atomic mass is 9.96. The van der Waals surface area contributed by atoms with E-state index in [1.165, 1.54) is 0 Å². The van der Waals surface area contributed by atoms with Crippen molar-refractivity contribution in [1.29, 1.82) is 0 Å². The number of nitrogens with zero attached hydrogens (tertiary/aromatic N) is 1. The van der Waals surface area contributed by atoms with Crippen molar-refractivity contribution >= 4 is 10.8 Å². The maximum Gasteiger partial charge on any atom is 0.129 e. The van der Waals surface area contributed by atoms with E-state index in [-0.39, 0.29) is 5.82 Å². The Kier molecular flexibility index (Phi) is 2.22. The number of benzene rings is 1. The molecule has 1 nitrogen and oxygen atoms in total. The van der Waals surface area contributed by atoms with Crippen LogP contribution in [0.3, 0.4) is 0 Å². The van der Waals surface area contributed by atoms with E-state index >= 15 is 0 Å². The van der Waals surface area contributed by atoms with Crippen molar-refractivity contribution in [3.05, 3.63) is 40.5 Å². The highest BCUT2D eigenvalue weighted by Gasteiger charge is 2.12. The highest BCUT2D eigenvalue weighted by atomic mass is 19.1. The van der Waals surface area contributed by atoms with Crippen LogP contribution in [0.4, 0.5) is 4.39 Å². The molecule has 2 heteroatoms. The fraction of sp³-hybridized carbons (Fsp3) is 0.308. The molecule has 0 bridgehead atoms. The van der Waals surface area contributed by atoms with E-state index < -0.39 is 0 Å². The highest BCUT2D eigenvalue weighted by molar-refractivity contribution is 5.91. The minimum Gasteiger partial charge on any atom is -0.261 e. The smallest absolute Gasteiger partial charge is 0.129 e. The molecule has 0 saturated carbocycles. The molecule has 1 aromatic heterocycles. The van der Waals surface area contributed by atoms with E-state index in [0.29, 0.717) is 5.56 Å². The van der Waals surface area contributed by atoms with Gasteiger partial charge in [-0.2, -0.15) is 0 Å². The van der Waals surface area contributed by atoms with Gasteiger partial charge >= 0.3 is 0 Å². The summed E-state index contributed by atoms with van der Waals surface area (Å²) in [5.74, 6) is -0.101. The second-order valence-corrected chi connectivity index (χ2v) is 4.01. The van der Waals surface area contributed by atoms with Gasteiger partial charge in [0.1, 0.15) is 5.82 Å². The maximum atomic E-state index is 13.9. The first-order valence-corrected chi connectivity index (χ1v) is 5.04. The standard InChI is InChI=1S/C13H14FN/c1-7-8(2)13(14)9(3)12-10(4)15-6-5-11(7)12/h5-6H,1-4H3. The molecule has 78 valence electrons. The fourth-order valence-corrected chi connectivity index (χ4v) is 2.11. The van der Waals surface area contributed by atoms with E-state index in [9.17, 15) is 4.39 Å². The van der Waals surface area contributed by atoms with Gasteiger partial charge in [-0.1, -0.05) is 0 Å². The van der Waals surface area contributed by atoms with Crippen molar-refractivity contribution in [2.75, 3.05) is 0 Å². The summed E-state index contributed by atoms with van der Waals surface area (Å²) in [5, 5.41) is 2.07. The highest BCUT2D eigenvalue weighted by Crippen LogP contribution is 2.29. The van der Waals surface area contributed by atoms with Crippen molar-refractivity contribution in [2.45, 2.75) is 27.7 Å². The summed E-state index contributed by atoms with van der Waals surface area (Å²) in [6, 6.07) is 1.96. The molecule has 0 atom stereocenters. The van der Waals surface area contributed by atoms with Gasteiger partial charge < -0.3 is 0 Å². The predicted molar refractivity (Wildman–Crippen MR) is 60.6 cm³/mol. The molecule has 1 aromatic carbocycles. The third-order valence-corrected chi connectivity index (χ3v) is 3.14. The number of hydrogen-bond donors (Lipinski definition) is 0. The van der Waals surface area contributed by atoms with Crippen LogP contribution in [0.2, 0.25) is 0 Å². The summed E-state index contributed by atoms with van der Waals surface area (Å²) in [6.45, 7) is 7.52. The number of fused-ring (bicyclic) bond motifs is 1. The van der Waals surface area contributed by atoms with Gasteiger partial charge in [0.2, 0.25) is 0 Å². The summed E-state index contributed by atoms with van der Waals surface area (Å²) in [4.78, 5) is 4.21. The number of rotatable bonds is 0. The van der Waals surface area contributed by atoms with Crippen LogP contribution in [-0.4, -0.2) is 4.98 Å². The van der Waals surface area contributed by atoms with Crippen LogP contribution in [0.15, 0.2) is 12.3 Å². The van der Waals surface area contributed by atoms with E-state index in [2.05, 4.69) is 4.98 Å². The quantitative estimate of drug-likeness (QED) is 0.637. The summed E-state index contributed by atoms with van der Waals surface area (Å²) in [7, 11) is 0. The second kappa shape index (κ2) is 3.30. The van der Waals surface area contributed by atoms with Crippen molar-refractivity contribution in [1.82, 2.24) is 4.98 Å². The number of pyridine rings is 1. The molecule has 0 amide bonds. The minimum absolute atomic E-state index is 0.101. The predicted octanol–water partition coefficient (Wildman–Crippen LogP) is 3.61. The van der Waals surface area contributed by atoms with Gasteiger partial charge in [-0.15, -0.1) is 0 Å². The van der Waals surface area contributed by atoms with Gasteiger partial charge in [-0.25, -0.2) is 4.39 Å². The van der Waals surface area contributed by atoms with Crippen LogP contribution < -0.4 is 0 Å². The van der Waals surface area contributed by atoms with Crippen LogP contribution in [-0.2, 0) is 0 Å². The van der Waals surface area contributed by atoms with Crippen LogP contribution in [0.5, 0.6) is 0 Å². The zero-order valence-corrected chi connectivity index (χ0v) is 9.48. The molecule has 0 spiro atoms. The monoisotopic (exact) mass is 203 g/mol. The Morgan fingerprint density at radius 1 is 1.00 bits per heavy atom. The molecule has 0 aliphatic heterocycles. The Balaban J connectivity index is 3.08. The Bertz CT molecular complexity index is 544. The first kappa shape index (κ1) is 10.1. The van der Waals surface area contributed by atoms with Crippen LogP contribution in [0.25, 0.3) is 10.8 Å². The molecule has 2 rings (SSSR count). The van der Waals surface area contributed by atoms with Crippen LogP contribution in [0.1, 0.15) is 22.4 Å². The third-order valence-electron chi connectivity index (χ3n) is 3.14. The van der Waals surface area contributed by atoms with Crippen molar-refractivity contribution in [3.63, 3.8) is 0 Å². The Hall–Kier alpha value is -1.44. The lowest BCUT2D eigenvalue weighted by Gasteiger charge is -2.12. The number of aryl methyl sites for hydroxylation is 3. The molecule has 0 N–H and O–H groups in total. The van der Waals surface area contributed by atoms with Crippen molar-refractivity contribution in [3.8, 4) is 0 Å². The Morgan fingerprint density at radius 2 is 1.67 bits per heavy atom. The molecule has 0 saturated heterocycles. The second-order valence-electron chi connectivity index (χ2n) is 4.01. The van der Waals surface area contributed by atoms with E-state index in [1.54, 1.807) is 6.20 Å². The molecule has 0 fully saturated rings. The average molecular weight is 203 g/mol. The van der Waals surface area contributed by atoms with Gasteiger partial charge in [0.15, 0.2) is 0 Å². The minimum atomic E-state index is -0.101.